The zero-order valence-electron chi connectivity index (χ0n) is 16.1. The molecular formula is C23H23FN4O. The van der Waals surface area contributed by atoms with Crippen LogP contribution in [0.2, 0.25) is 0 Å². The van der Waals surface area contributed by atoms with E-state index >= 15 is 0 Å². The van der Waals surface area contributed by atoms with Crippen LogP contribution < -0.4 is 5.32 Å². The van der Waals surface area contributed by atoms with E-state index in [-0.39, 0.29) is 17.8 Å². The summed E-state index contributed by atoms with van der Waals surface area (Å²) in [5.41, 5.74) is 3.14. The van der Waals surface area contributed by atoms with E-state index in [2.05, 4.69) is 20.2 Å². The van der Waals surface area contributed by atoms with E-state index in [1.54, 1.807) is 30.5 Å². The SMILES string of the molecule is O=C(NC1CCN(Cc2ccccn2)CC1)c1ccc(-c2ccc(F)cc2)nc1. The molecule has 3 heterocycles. The van der Waals surface area contributed by atoms with Crippen LogP contribution in [0.25, 0.3) is 11.3 Å². The minimum absolute atomic E-state index is 0.105. The number of likely N-dealkylation sites (tertiary alicyclic amines) is 1. The second-order valence-corrected chi connectivity index (χ2v) is 7.28. The number of nitrogens with one attached hydrogen (secondary N) is 1. The van der Waals surface area contributed by atoms with Crippen molar-refractivity contribution < 1.29 is 9.18 Å². The first kappa shape index (κ1) is 19.2. The summed E-state index contributed by atoms with van der Waals surface area (Å²) in [4.78, 5) is 23.6. The molecule has 1 aliphatic rings. The lowest BCUT2D eigenvalue weighted by Crippen LogP contribution is -2.44. The lowest BCUT2D eigenvalue weighted by atomic mass is 10.0. The molecule has 2 aromatic heterocycles. The number of amides is 1. The van der Waals surface area contributed by atoms with Gasteiger partial charge in [-0.3, -0.25) is 19.7 Å². The quantitative estimate of drug-likeness (QED) is 0.722. The second-order valence-electron chi connectivity index (χ2n) is 7.28. The van der Waals surface area contributed by atoms with E-state index in [1.165, 1.54) is 12.1 Å². The van der Waals surface area contributed by atoms with Crippen LogP contribution >= 0.6 is 0 Å². The molecule has 0 radical (unpaired) electrons. The Bertz CT molecular complexity index is 937. The topological polar surface area (TPSA) is 58.1 Å². The molecule has 1 aromatic carbocycles. The van der Waals surface area contributed by atoms with Gasteiger partial charge in [-0.05, 0) is 61.4 Å². The monoisotopic (exact) mass is 390 g/mol. The van der Waals surface area contributed by atoms with Gasteiger partial charge < -0.3 is 5.32 Å². The van der Waals surface area contributed by atoms with E-state index in [4.69, 9.17) is 0 Å². The lowest BCUT2D eigenvalue weighted by Gasteiger charge is -2.32. The van der Waals surface area contributed by atoms with Gasteiger partial charge in [0.1, 0.15) is 5.82 Å². The van der Waals surface area contributed by atoms with Crippen LogP contribution in [0.1, 0.15) is 28.9 Å². The van der Waals surface area contributed by atoms with Gasteiger partial charge in [-0.15, -0.1) is 0 Å². The van der Waals surface area contributed by atoms with Gasteiger partial charge in [0.2, 0.25) is 0 Å². The molecule has 0 atom stereocenters. The van der Waals surface area contributed by atoms with Gasteiger partial charge in [-0.2, -0.15) is 0 Å². The van der Waals surface area contributed by atoms with Gasteiger partial charge in [-0.1, -0.05) is 6.07 Å². The van der Waals surface area contributed by atoms with E-state index in [9.17, 15) is 9.18 Å². The summed E-state index contributed by atoms with van der Waals surface area (Å²) in [5, 5.41) is 3.12. The highest BCUT2D eigenvalue weighted by Gasteiger charge is 2.21. The Balaban J connectivity index is 1.29. The van der Waals surface area contributed by atoms with E-state index < -0.39 is 0 Å². The molecule has 1 aliphatic heterocycles. The molecule has 148 valence electrons. The number of benzene rings is 1. The number of halogens is 1. The molecule has 1 N–H and O–H groups in total. The smallest absolute Gasteiger partial charge is 0.253 e. The maximum Gasteiger partial charge on any atom is 0.253 e. The molecule has 0 saturated carbocycles. The first-order valence-electron chi connectivity index (χ1n) is 9.82. The molecule has 0 aliphatic carbocycles. The van der Waals surface area contributed by atoms with E-state index in [0.29, 0.717) is 11.3 Å². The normalized spacial score (nSPS) is 15.2. The summed E-state index contributed by atoms with van der Waals surface area (Å²) in [6.45, 7) is 2.71. The summed E-state index contributed by atoms with van der Waals surface area (Å²) in [5.74, 6) is -0.387. The highest BCUT2D eigenvalue weighted by molar-refractivity contribution is 5.94. The fourth-order valence-electron chi connectivity index (χ4n) is 3.54. The predicted molar refractivity (Wildman–Crippen MR) is 110 cm³/mol. The largest absolute Gasteiger partial charge is 0.349 e. The van der Waals surface area contributed by atoms with E-state index in [1.807, 2.05) is 24.4 Å². The van der Waals surface area contributed by atoms with Crippen molar-refractivity contribution in [3.63, 3.8) is 0 Å². The summed E-state index contributed by atoms with van der Waals surface area (Å²) in [6, 6.07) is 15.8. The Hall–Kier alpha value is -3.12. The molecule has 0 unspecified atom stereocenters. The fourth-order valence-corrected chi connectivity index (χ4v) is 3.54. The Kier molecular flexibility index (Phi) is 5.91. The number of piperidine rings is 1. The highest BCUT2D eigenvalue weighted by atomic mass is 19.1. The van der Waals surface area contributed by atoms with Crippen LogP contribution in [0.15, 0.2) is 67.0 Å². The molecule has 1 amide bonds. The van der Waals surface area contributed by atoms with Crippen LogP contribution in [0, 0.1) is 5.82 Å². The van der Waals surface area contributed by atoms with Gasteiger partial charge in [0, 0.05) is 43.6 Å². The van der Waals surface area contributed by atoms with Gasteiger partial charge in [0.05, 0.1) is 17.0 Å². The van der Waals surface area contributed by atoms with Crippen molar-refractivity contribution in [3.05, 3.63) is 84.1 Å². The van der Waals surface area contributed by atoms with Gasteiger partial charge in [0.15, 0.2) is 0 Å². The highest BCUT2D eigenvalue weighted by Crippen LogP contribution is 2.18. The van der Waals surface area contributed by atoms with E-state index in [0.717, 1.165) is 43.7 Å². The van der Waals surface area contributed by atoms with Gasteiger partial charge in [-0.25, -0.2) is 4.39 Å². The van der Waals surface area contributed by atoms with Crippen LogP contribution in [0.3, 0.4) is 0 Å². The Morgan fingerprint density at radius 2 is 1.83 bits per heavy atom. The minimum atomic E-state index is -0.282. The third kappa shape index (κ3) is 5.03. The number of nitrogens with zero attached hydrogens (tertiary/aromatic N) is 3. The van der Waals surface area contributed by atoms with Crippen molar-refractivity contribution in [3.8, 4) is 11.3 Å². The maximum atomic E-state index is 13.0. The molecule has 29 heavy (non-hydrogen) atoms. The fraction of sp³-hybridized carbons (Fsp3) is 0.261. The van der Waals surface area contributed by atoms with Crippen molar-refractivity contribution >= 4 is 5.91 Å². The van der Waals surface area contributed by atoms with Crippen molar-refractivity contribution in [2.45, 2.75) is 25.4 Å². The van der Waals surface area contributed by atoms with Crippen molar-refractivity contribution in [2.75, 3.05) is 13.1 Å². The van der Waals surface area contributed by atoms with Crippen molar-refractivity contribution in [2.24, 2.45) is 0 Å². The van der Waals surface area contributed by atoms with Gasteiger partial charge >= 0.3 is 0 Å². The lowest BCUT2D eigenvalue weighted by molar-refractivity contribution is 0.0908. The van der Waals surface area contributed by atoms with Crippen molar-refractivity contribution in [1.82, 2.24) is 20.2 Å². The van der Waals surface area contributed by atoms with Crippen LogP contribution in [0.4, 0.5) is 4.39 Å². The summed E-state index contributed by atoms with van der Waals surface area (Å²) in [6.07, 6.45) is 5.22. The molecule has 3 aromatic rings. The third-order valence-corrected chi connectivity index (χ3v) is 5.20. The number of hydrogen-bond donors (Lipinski definition) is 1. The molecule has 0 bridgehead atoms. The minimum Gasteiger partial charge on any atom is -0.349 e. The van der Waals surface area contributed by atoms with Crippen LogP contribution in [-0.4, -0.2) is 39.9 Å². The standard InChI is InChI=1S/C23H23FN4O/c24-19-7-4-17(5-8-19)22-9-6-18(15-26-22)23(29)27-20-10-13-28(14-11-20)16-21-3-1-2-12-25-21/h1-9,12,15,20H,10-11,13-14,16H2,(H,27,29). The third-order valence-electron chi connectivity index (χ3n) is 5.20. The summed E-state index contributed by atoms with van der Waals surface area (Å²) in [7, 11) is 0. The Labute approximate surface area is 169 Å². The predicted octanol–water partition coefficient (Wildman–Crippen LogP) is 3.68. The molecule has 4 rings (SSSR count). The van der Waals surface area contributed by atoms with Gasteiger partial charge in [0.25, 0.3) is 5.91 Å². The number of carbonyl (C=O) groups is 1. The summed E-state index contributed by atoms with van der Waals surface area (Å²) < 4.78 is 13.0. The summed E-state index contributed by atoms with van der Waals surface area (Å²) >= 11 is 0. The molecule has 0 spiro atoms. The number of carbonyl (C=O) groups excluding carboxylic acids is 1. The first-order chi connectivity index (χ1) is 14.2. The zero-order valence-corrected chi connectivity index (χ0v) is 16.1. The molecule has 1 saturated heterocycles. The number of hydrogen-bond acceptors (Lipinski definition) is 4. The molecule has 6 heteroatoms. The maximum absolute atomic E-state index is 13.0. The van der Waals surface area contributed by atoms with Crippen LogP contribution in [0.5, 0.6) is 0 Å². The number of aromatic nitrogens is 2. The molecular weight excluding hydrogens is 367 g/mol. The Morgan fingerprint density at radius 1 is 1.03 bits per heavy atom. The first-order valence-corrected chi connectivity index (χ1v) is 9.82. The van der Waals surface area contributed by atoms with Crippen LogP contribution in [-0.2, 0) is 6.54 Å². The second kappa shape index (κ2) is 8.92. The average molecular weight is 390 g/mol. The average Bonchev–Trinajstić information content (AvgIpc) is 2.76. The Morgan fingerprint density at radius 3 is 2.48 bits per heavy atom. The molecule has 5 nitrogen and oxygen atoms in total. The zero-order chi connectivity index (χ0) is 20.1. The molecule has 1 fully saturated rings. The number of pyridine rings is 2. The van der Waals surface area contributed by atoms with Crippen molar-refractivity contribution in [1.29, 1.82) is 0 Å². The number of rotatable bonds is 5.